The smallest absolute Gasteiger partial charge is 0.162 e. The van der Waals surface area contributed by atoms with Crippen molar-refractivity contribution in [1.29, 1.82) is 0 Å². The molecular weight excluding hydrogens is 324 g/mol. The fraction of sp³-hybridized carbons (Fsp3) is 0.391. The summed E-state index contributed by atoms with van der Waals surface area (Å²) >= 11 is 0. The van der Waals surface area contributed by atoms with E-state index in [2.05, 4.69) is 19.9 Å². The molecule has 0 aliphatic rings. The van der Waals surface area contributed by atoms with Crippen molar-refractivity contribution in [3.63, 3.8) is 0 Å². The van der Waals surface area contributed by atoms with Crippen LogP contribution in [-0.4, -0.2) is 25.3 Å². The second-order valence-electron chi connectivity index (χ2n) is 6.54. The number of aryl methyl sites for hydroxylation is 1. The SMILES string of the molecule is CCCOCCCC(=O)c1cccc(-c2cc(C=O)c(C)c(CC)c2)c1. The number of carbonyl (C=O) groups excluding carboxylic acids is 2. The zero-order valence-corrected chi connectivity index (χ0v) is 16.0. The van der Waals surface area contributed by atoms with Crippen molar-refractivity contribution in [3.8, 4) is 11.1 Å². The molecule has 2 rings (SSSR count). The summed E-state index contributed by atoms with van der Waals surface area (Å²) in [5.41, 5.74) is 5.57. The van der Waals surface area contributed by atoms with E-state index >= 15 is 0 Å². The summed E-state index contributed by atoms with van der Waals surface area (Å²) in [5, 5.41) is 0. The topological polar surface area (TPSA) is 43.4 Å². The summed E-state index contributed by atoms with van der Waals surface area (Å²) in [7, 11) is 0. The van der Waals surface area contributed by atoms with Gasteiger partial charge in [-0.15, -0.1) is 0 Å². The first-order valence-electron chi connectivity index (χ1n) is 9.40. The van der Waals surface area contributed by atoms with Gasteiger partial charge in [0.1, 0.15) is 6.29 Å². The van der Waals surface area contributed by atoms with Crippen molar-refractivity contribution in [1.82, 2.24) is 0 Å². The van der Waals surface area contributed by atoms with E-state index in [0.717, 1.165) is 54.4 Å². The number of benzene rings is 2. The first-order valence-corrected chi connectivity index (χ1v) is 9.40. The summed E-state index contributed by atoms with van der Waals surface area (Å²) in [6.45, 7) is 7.51. The lowest BCUT2D eigenvalue weighted by atomic mass is 9.93. The van der Waals surface area contributed by atoms with Crippen LogP contribution in [0.15, 0.2) is 36.4 Å². The largest absolute Gasteiger partial charge is 0.381 e. The van der Waals surface area contributed by atoms with Gasteiger partial charge in [0.05, 0.1) is 0 Å². The number of aldehydes is 1. The summed E-state index contributed by atoms with van der Waals surface area (Å²) in [6.07, 6.45) is 4.00. The molecule has 0 amide bonds. The Hall–Kier alpha value is -2.26. The van der Waals surface area contributed by atoms with Gasteiger partial charge in [-0.25, -0.2) is 0 Å². The van der Waals surface area contributed by atoms with E-state index in [0.29, 0.717) is 24.2 Å². The second-order valence-corrected chi connectivity index (χ2v) is 6.54. The Morgan fingerprint density at radius 3 is 2.58 bits per heavy atom. The summed E-state index contributed by atoms with van der Waals surface area (Å²) in [4.78, 5) is 23.8. The van der Waals surface area contributed by atoms with E-state index in [1.807, 2.05) is 37.3 Å². The molecule has 0 saturated heterocycles. The summed E-state index contributed by atoms with van der Waals surface area (Å²) in [6, 6.07) is 11.7. The Morgan fingerprint density at radius 1 is 1.08 bits per heavy atom. The Kier molecular flexibility index (Phi) is 7.73. The number of hydrogen-bond donors (Lipinski definition) is 0. The van der Waals surface area contributed by atoms with Gasteiger partial charge in [-0.1, -0.05) is 38.1 Å². The number of Topliss-reactive ketones (excluding diaryl/α,β-unsaturated/α-hetero) is 1. The van der Waals surface area contributed by atoms with Gasteiger partial charge in [0.15, 0.2) is 5.78 Å². The van der Waals surface area contributed by atoms with Gasteiger partial charge in [-0.2, -0.15) is 0 Å². The van der Waals surface area contributed by atoms with Gasteiger partial charge < -0.3 is 4.74 Å². The monoisotopic (exact) mass is 352 g/mol. The molecule has 3 heteroatoms. The Morgan fingerprint density at radius 2 is 1.88 bits per heavy atom. The molecule has 2 aromatic rings. The minimum absolute atomic E-state index is 0.130. The second kappa shape index (κ2) is 10.0. The predicted octanol–water partition coefficient (Wildman–Crippen LogP) is 5.43. The van der Waals surface area contributed by atoms with Gasteiger partial charge in [-0.05, 0) is 60.6 Å². The number of ether oxygens (including phenoxy) is 1. The third kappa shape index (κ3) is 5.12. The molecule has 0 radical (unpaired) electrons. The molecule has 0 unspecified atom stereocenters. The number of ketones is 1. The minimum atomic E-state index is 0.130. The average Bonchev–Trinajstić information content (AvgIpc) is 2.68. The fourth-order valence-electron chi connectivity index (χ4n) is 3.05. The van der Waals surface area contributed by atoms with E-state index in [1.54, 1.807) is 0 Å². The van der Waals surface area contributed by atoms with Crippen LogP contribution in [0, 0.1) is 6.92 Å². The molecule has 0 fully saturated rings. The quantitative estimate of drug-likeness (QED) is 0.325. The maximum absolute atomic E-state index is 12.4. The van der Waals surface area contributed by atoms with Crippen molar-refractivity contribution in [2.24, 2.45) is 0 Å². The first-order chi connectivity index (χ1) is 12.6. The summed E-state index contributed by atoms with van der Waals surface area (Å²) < 4.78 is 5.44. The standard InChI is InChI=1S/C23H28O3/c1-4-11-26-12-7-10-23(25)20-9-6-8-19(14-20)21-13-18(5-2)17(3)22(15-21)16-24/h6,8-9,13-16H,4-5,7,10-12H2,1-3H3. The molecule has 26 heavy (non-hydrogen) atoms. The zero-order chi connectivity index (χ0) is 18.9. The van der Waals surface area contributed by atoms with Gasteiger partial charge in [0.2, 0.25) is 0 Å². The van der Waals surface area contributed by atoms with Gasteiger partial charge in [0.25, 0.3) is 0 Å². The molecule has 138 valence electrons. The van der Waals surface area contributed by atoms with Gasteiger partial charge in [-0.3, -0.25) is 9.59 Å². The normalized spacial score (nSPS) is 10.7. The third-order valence-electron chi connectivity index (χ3n) is 4.62. The van der Waals surface area contributed by atoms with Crippen molar-refractivity contribution in [3.05, 3.63) is 58.7 Å². The van der Waals surface area contributed by atoms with Crippen LogP contribution in [0.2, 0.25) is 0 Å². The average molecular weight is 352 g/mol. The van der Waals surface area contributed by atoms with Crippen LogP contribution in [0.3, 0.4) is 0 Å². The number of rotatable bonds is 10. The van der Waals surface area contributed by atoms with Crippen LogP contribution in [0.4, 0.5) is 0 Å². The summed E-state index contributed by atoms with van der Waals surface area (Å²) in [5.74, 6) is 0.130. The Balaban J connectivity index is 2.18. The molecule has 0 N–H and O–H groups in total. The van der Waals surface area contributed by atoms with E-state index < -0.39 is 0 Å². The molecule has 3 nitrogen and oxygen atoms in total. The minimum Gasteiger partial charge on any atom is -0.381 e. The molecular formula is C23H28O3. The highest BCUT2D eigenvalue weighted by Gasteiger charge is 2.10. The fourth-order valence-corrected chi connectivity index (χ4v) is 3.05. The molecule has 0 aromatic heterocycles. The van der Waals surface area contributed by atoms with Crippen molar-refractivity contribution >= 4 is 12.1 Å². The lowest BCUT2D eigenvalue weighted by molar-refractivity contribution is 0.0938. The van der Waals surface area contributed by atoms with E-state index in [4.69, 9.17) is 4.74 Å². The van der Waals surface area contributed by atoms with Crippen LogP contribution in [0.5, 0.6) is 0 Å². The third-order valence-corrected chi connectivity index (χ3v) is 4.62. The van der Waals surface area contributed by atoms with Crippen LogP contribution in [0.1, 0.15) is 65.0 Å². The van der Waals surface area contributed by atoms with Gasteiger partial charge in [0, 0.05) is 30.8 Å². The highest BCUT2D eigenvalue weighted by molar-refractivity contribution is 5.97. The molecule has 0 aliphatic heterocycles. The molecule has 0 bridgehead atoms. The first kappa shape index (κ1) is 20.1. The van der Waals surface area contributed by atoms with Gasteiger partial charge >= 0.3 is 0 Å². The molecule has 0 saturated carbocycles. The van der Waals surface area contributed by atoms with Crippen LogP contribution < -0.4 is 0 Å². The maximum Gasteiger partial charge on any atom is 0.162 e. The number of hydrogen-bond acceptors (Lipinski definition) is 3. The van der Waals surface area contributed by atoms with Crippen LogP contribution >= 0.6 is 0 Å². The van der Waals surface area contributed by atoms with E-state index in [1.165, 1.54) is 0 Å². The highest BCUT2D eigenvalue weighted by Crippen LogP contribution is 2.26. The lowest BCUT2D eigenvalue weighted by Crippen LogP contribution is -2.03. The van der Waals surface area contributed by atoms with E-state index in [9.17, 15) is 9.59 Å². The number of carbonyl (C=O) groups is 2. The molecule has 0 spiro atoms. The van der Waals surface area contributed by atoms with Crippen LogP contribution in [-0.2, 0) is 11.2 Å². The van der Waals surface area contributed by atoms with Crippen molar-refractivity contribution in [2.75, 3.05) is 13.2 Å². The predicted molar refractivity (Wildman–Crippen MR) is 106 cm³/mol. The molecule has 2 aromatic carbocycles. The van der Waals surface area contributed by atoms with Crippen molar-refractivity contribution in [2.45, 2.75) is 46.5 Å². The molecule has 0 aliphatic carbocycles. The highest BCUT2D eigenvalue weighted by atomic mass is 16.5. The molecule has 0 heterocycles. The Labute approximate surface area is 156 Å². The lowest BCUT2D eigenvalue weighted by Gasteiger charge is -2.11. The van der Waals surface area contributed by atoms with Crippen molar-refractivity contribution < 1.29 is 14.3 Å². The van der Waals surface area contributed by atoms with Crippen LogP contribution in [0.25, 0.3) is 11.1 Å². The Bertz CT molecular complexity index is 762. The zero-order valence-electron chi connectivity index (χ0n) is 16.0. The maximum atomic E-state index is 12.4. The van der Waals surface area contributed by atoms with E-state index in [-0.39, 0.29) is 5.78 Å². The molecule has 0 atom stereocenters.